The summed E-state index contributed by atoms with van der Waals surface area (Å²) >= 11 is 12.1. The molecule has 4 amide bonds. The van der Waals surface area contributed by atoms with E-state index < -0.39 is 29.4 Å². The Morgan fingerprint density at radius 1 is 1.16 bits per heavy atom. The van der Waals surface area contributed by atoms with Gasteiger partial charge in [0.2, 0.25) is 5.91 Å². The van der Waals surface area contributed by atoms with Gasteiger partial charge in [-0.3, -0.25) is 14.5 Å². The number of carbonyl (C=O) groups is 3. The van der Waals surface area contributed by atoms with E-state index in [2.05, 4.69) is 10.6 Å². The maximum Gasteiger partial charge on any atom is 0.325 e. The molecule has 1 saturated heterocycles. The average Bonchev–Trinajstić information content (AvgIpc) is 3.26. The van der Waals surface area contributed by atoms with Crippen molar-refractivity contribution in [1.82, 2.24) is 15.5 Å². The Labute approximate surface area is 190 Å². The van der Waals surface area contributed by atoms with Crippen LogP contribution < -0.4 is 10.6 Å². The molecule has 1 aliphatic heterocycles. The van der Waals surface area contributed by atoms with Crippen molar-refractivity contribution in [2.45, 2.75) is 44.7 Å². The van der Waals surface area contributed by atoms with Crippen molar-refractivity contribution in [2.24, 2.45) is 0 Å². The molecule has 8 heteroatoms. The number of fused-ring (bicyclic) bond motifs is 1. The molecule has 162 valence electrons. The Hall–Kier alpha value is -2.57. The number of carbonyl (C=O) groups excluding carboxylic acids is 3. The predicted octanol–water partition coefficient (Wildman–Crippen LogP) is 4.13. The summed E-state index contributed by atoms with van der Waals surface area (Å²) in [4.78, 5) is 39.3. The van der Waals surface area contributed by atoms with Gasteiger partial charge in [-0.05, 0) is 67.5 Å². The van der Waals surface area contributed by atoms with Gasteiger partial charge in [0.15, 0.2) is 0 Å². The van der Waals surface area contributed by atoms with Crippen molar-refractivity contribution in [3.8, 4) is 0 Å². The highest BCUT2D eigenvalue weighted by molar-refractivity contribution is 6.35. The molecule has 0 spiro atoms. The first kappa shape index (κ1) is 21.7. The summed E-state index contributed by atoms with van der Waals surface area (Å²) in [6, 6.07) is 9.92. The molecule has 0 radical (unpaired) electrons. The highest BCUT2D eigenvalue weighted by Crippen LogP contribution is 2.32. The molecule has 2 aromatic rings. The fraction of sp³-hybridized carbons (Fsp3) is 0.348. The van der Waals surface area contributed by atoms with Crippen LogP contribution in [0.1, 0.15) is 48.6 Å². The number of hydrogen-bond donors (Lipinski definition) is 2. The minimum absolute atomic E-state index is 0.374. The minimum atomic E-state index is -1.19. The van der Waals surface area contributed by atoms with Crippen molar-refractivity contribution in [1.29, 1.82) is 0 Å². The highest BCUT2D eigenvalue weighted by Gasteiger charge is 2.49. The standard InChI is InChI=1S/C23H23Cl2N3O3/c1-13(18-9-8-17(24)11-19(18)25)26-20(29)12-28-21(30)23(2,27-22(28)31)16-7-6-14-4-3-5-15(14)10-16/h6-11,13H,3-5,12H2,1-2H3,(H,26,29)(H,27,31). The molecule has 1 heterocycles. The SMILES string of the molecule is CC(NC(=O)CN1C(=O)NC(C)(c2ccc3c(c2)CCC3)C1=O)c1ccc(Cl)cc1Cl. The molecular weight excluding hydrogens is 437 g/mol. The van der Waals surface area contributed by atoms with Crippen LogP contribution in [0.4, 0.5) is 4.79 Å². The highest BCUT2D eigenvalue weighted by atomic mass is 35.5. The van der Waals surface area contributed by atoms with Crippen molar-refractivity contribution < 1.29 is 14.4 Å². The summed E-state index contributed by atoms with van der Waals surface area (Å²) in [5.41, 5.74) is 2.73. The van der Waals surface area contributed by atoms with Crippen LogP contribution in [0.2, 0.25) is 10.0 Å². The second-order valence-corrected chi connectivity index (χ2v) is 9.08. The summed E-state index contributed by atoms with van der Waals surface area (Å²) in [6.45, 7) is 3.08. The van der Waals surface area contributed by atoms with Gasteiger partial charge in [0.1, 0.15) is 12.1 Å². The number of rotatable bonds is 5. The van der Waals surface area contributed by atoms with Gasteiger partial charge in [-0.2, -0.15) is 0 Å². The van der Waals surface area contributed by atoms with Crippen LogP contribution in [0.3, 0.4) is 0 Å². The molecule has 6 nitrogen and oxygen atoms in total. The lowest BCUT2D eigenvalue weighted by Crippen LogP contribution is -2.43. The first-order valence-corrected chi connectivity index (χ1v) is 11.0. The molecule has 1 fully saturated rings. The number of imide groups is 1. The second kappa shape index (κ2) is 8.17. The average molecular weight is 460 g/mol. The number of urea groups is 1. The van der Waals surface area contributed by atoms with E-state index in [4.69, 9.17) is 23.2 Å². The fourth-order valence-electron chi connectivity index (χ4n) is 4.28. The van der Waals surface area contributed by atoms with Gasteiger partial charge >= 0.3 is 6.03 Å². The van der Waals surface area contributed by atoms with E-state index in [-0.39, 0.29) is 6.54 Å². The largest absolute Gasteiger partial charge is 0.348 e. The third-order valence-corrected chi connectivity index (χ3v) is 6.62. The third kappa shape index (κ3) is 4.02. The molecule has 4 rings (SSSR count). The van der Waals surface area contributed by atoms with Gasteiger partial charge in [0, 0.05) is 10.0 Å². The Balaban J connectivity index is 1.47. The molecule has 2 aliphatic rings. The van der Waals surface area contributed by atoms with Crippen molar-refractivity contribution in [3.63, 3.8) is 0 Å². The molecule has 2 atom stereocenters. The van der Waals surface area contributed by atoms with Crippen LogP contribution in [0.25, 0.3) is 0 Å². The number of amides is 4. The summed E-state index contributed by atoms with van der Waals surface area (Å²) in [6.07, 6.45) is 3.10. The third-order valence-electron chi connectivity index (χ3n) is 6.06. The lowest BCUT2D eigenvalue weighted by molar-refractivity contribution is -0.135. The lowest BCUT2D eigenvalue weighted by atomic mass is 9.89. The lowest BCUT2D eigenvalue weighted by Gasteiger charge is -2.23. The summed E-state index contributed by atoms with van der Waals surface area (Å²) < 4.78 is 0. The van der Waals surface area contributed by atoms with Crippen LogP contribution in [0.15, 0.2) is 36.4 Å². The van der Waals surface area contributed by atoms with Gasteiger partial charge in [0.05, 0.1) is 6.04 Å². The van der Waals surface area contributed by atoms with Crippen molar-refractivity contribution >= 4 is 41.0 Å². The Kier molecular flexibility index (Phi) is 5.71. The zero-order valence-corrected chi connectivity index (χ0v) is 18.8. The van der Waals surface area contributed by atoms with E-state index in [1.54, 1.807) is 32.0 Å². The number of nitrogens with zero attached hydrogens (tertiary/aromatic N) is 1. The summed E-state index contributed by atoms with van der Waals surface area (Å²) in [5, 5.41) is 6.48. The van der Waals surface area contributed by atoms with Crippen LogP contribution in [0, 0.1) is 0 Å². The molecule has 31 heavy (non-hydrogen) atoms. The van der Waals surface area contributed by atoms with Gasteiger partial charge in [-0.15, -0.1) is 0 Å². The van der Waals surface area contributed by atoms with Crippen LogP contribution in [-0.4, -0.2) is 29.3 Å². The first-order chi connectivity index (χ1) is 14.7. The van der Waals surface area contributed by atoms with Crippen LogP contribution in [0.5, 0.6) is 0 Å². The van der Waals surface area contributed by atoms with E-state index >= 15 is 0 Å². The summed E-state index contributed by atoms with van der Waals surface area (Å²) in [7, 11) is 0. The molecular formula is C23H23Cl2N3O3. The summed E-state index contributed by atoms with van der Waals surface area (Å²) in [5.74, 6) is -0.900. The number of benzene rings is 2. The van der Waals surface area contributed by atoms with Gasteiger partial charge in [0.25, 0.3) is 5.91 Å². The van der Waals surface area contributed by atoms with Gasteiger partial charge in [-0.25, -0.2) is 4.79 Å². The molecule has 0 bridgehead atoms. The van der Waals surface area contributed by atoms with E-state index in [1.165, 1.54) is 11.1 Å². The van der Waals surface area contributed by atoms with Crippen LogP contribution >= 0.6 is 23.2 Å². The molecule has 2 unspecified atom stereocenters. The monoisotopic (exact) mass is 459 g/mol. The van der Waals surface area contributed by atoms with Crippen molar-refractivity contribution in [3.05, 3.63) is 68.7 Å². The molecule has 2 N–H and O–H groups in total. The minimum Gasteiger partial charge on any atom is -0.348 e. The predicted molar refractivity (Wildman–Crippen MR) is 119 cm³/mol. The number of aryl methyl sites for hydroxylation is 2. The smallest absolute Gasteiger partial charge is 0.325 e. The van der Waals surface area contributed by atoms with E-state index in [0.717, 1.165) is 29.7 Å². The van der Waals surface area contributed by atoms with Crippen LogP contribution in [-0.2, 0) is 28.0 Å². The molecule has 1 aliphatic carbocycles. The maximum atomic E-state index is 13.1. The Bertz CT molecular complexity index is 1090. The number of halogens is 2. The fourth-order valence-corrected chi connectivity index (χ4v) is 4.85. The quantitative estimate of drug-likeness (QED) is 0.659. The Morgan fingerprint density at radius 2 is 1.90 bits per heavy atom. The van der Waals surface area contributed by atoms with E-state index in [1.807, 2.05) is 18.2 Å². The zero-order valence-electron chi connectivity index (χ0n) is 17.3. The number of hydrogen-bond acceptors (Lipinski definition) is 3. The van der Waals surface area contributed by atoms with E-state index in [0.29, 0.717) is 15.6 Å². The zero-order chi connectivity index (χ0) is 22.3. The van der Waals surface area contributed by atoms with Crippen molar-refractivity contribution in [2.75, 3.05) is 6.54 Å². The number of nitrogens with one attached hydrogen (secondary N) is 2. The molecule has 0 saturated carbocycles. The maximum absolute atomic E-state index is 13.1. The van der Waals surface area contributed by atoms with E-state index in [9.17, 15) is 14.4 Å². The first-order valence-electron chi connectivity index (χ1n) is 10.2. The molecule has 2 aromatic carbocycles. The van der Waals surface area contributed by atoms with Gasteiger partial charge in [-0.1, -0.05) is 47.5 Å². The topological polar surface area (TPSA) is 78.5 Å². The second-order valence-electron chi connectivity index (χ2n) is 8.24. The Morgan fingerprint density at radius 3 is 2.65 bits per heavy atom. The van der Waals surface area contributed by atoms with Gasteiger partial charge < -0.3 is 10.6 Å². The molecule has 0 aromatic heterocycles. The normalized spacial score (nSPS) is 21.1.